The summed E-state index contributed by atoms with van der Waals surface area (Å²) in [6.07, 6.45) is 1.94. The van der Waals surface area contributed by atoms with Gasteiger partial charge < -0.3 is 5.11 Å². The molecule has 1 heterocycles. The second-order valence-corrected chi connectivity index (χ2v) is 4.80. The van der Waals surface area contributed by atoms with Crippen LogP contribution in [0.25, 0.3) is 5.69 Å². The van der Waals surface area contributed by atoms with E-state index < -0.39 is 17.1 Å². The summed E-state index contributed by atoms with van der Waals surface area (Å²) in [5, 5.41) is 13.4. The van der Waals surface area contributed by atoms with Gasteiger partial charge in [-0.05, 0) is 31.0 Å². The van der Waals surface area contributed by atoms with Crippen molar-refractivity contribution in [3.63, 3.8) is 0 Å². The third-order valence-electron chi connectivity index (χ3n) is 2.93. The normalized spacial score (nSPS) is 10.6. The summed E-state index contributed by atoms with van der Waals surface area (Å²) in [5.74, 6) is -1.35. The molecule has 0 spiro atoms. The summed E-state index contributed by atoms with van der Waals surface area (Å²) in [6, 6.07) is 5.33. The molecule has 0 amide bonds. The number of carbonyl (C=O) groups is 1. The van der Waals surface area contributed by atoms with Crippen LogP contribution in [0.4, 0.5) is 0 Å². The van der Waals surface area contributed by atoms with E-state index in [0.717, 1.165) is 5.56 Å². The van der Waals surface area contributed by atoms with Gasteiger partial charge in [0.05, 0.1) is 10.7 Å². The minimum absolute atomic E-state index is 0.383. The van der Waals surface area contributed by atoms with Crippen LogP contribution in [0.5, 0.6) is 0 Å². The number of rotatable bonds is 3. The maximum Gasteiger partial charge on any atom is 0.360 e. The molecule has 20 heavy (non-hydrogen) atoms. The topological polar surface area (TPSA) is 72.2 Å². The maximum absolute atomic E-state index is 11.9. The van der Waals surface area contributed by atoms with Crippen molar-refractivity contribution in [1.82, 2.24) is 9.78 Å². The molecule has 0 saturated carbocycles. The molecule has 0 aliphatic heterocycles. The Morgan fingerprint density at radius 2 is 2.15 bits per heavy atom. The molecular formula is C14H13ClN2O3. The van der Waals surface area contributed by atoms with E-state index in [1.165, 1.54) is 10.9 Å². The number of hydrogen-bond acceptors (Lipinski definition) is 3. The van der Waals surface area contributed by atoms with Gasteiger partial charge in [0.15, 0.2) is 0 Å². The van der Waals surface area contributed by atoms with Crippen LogP contribution in [0.15, 0.2) is 29.2 Å². The third kappa shape index (κ3) is 2.58. The SMILES string of the molecule is CCc1cn(-c2ccc(C)cc2Cl)nc(C(=O)O)c1=O. The van der Waals surface area contributed by atoms with Gasteiger partial charge in [-0.3, -0.25) is 4.79 Å². The third-order valence-corrected chi connectivity index (χ3v) is 3.23. The summed E-state index contributed by atoms with van der Waals surface area (Å²) < 4.78 is 1.34. The molecule has 6 heteroatoms. The highest BCUT2D eigenvalue weighted by Gasteiger charge is 2.16. The largest absolute Gasteiger partial charge is 0.476 e. The summed E-state index contributed by atoms with van der Waals surface area (Å²) >= 11 is 6.14. The van der Waals surface area contributed by atoms with Crippen molar-refractivity contribution in [2.75, 3.05) is 0 Å². The first-order chi connectivity index (χ1) is 9.43. The molecule has 0 aliphatic rings. The number of nitrogens with zero attached hydrogens (tertiary/aromatic N) is 2. The van der Waals surface area contributed by atoms with Crippen molar-refractivity contribution >= 4 is 17.6 Å². The lowest BCUT2D eigenvalue weighted by atomic mass is 10.2. The fourth-order valence-corrected chi connectivity index (χ4v) is 2.17. The maximum atomic E-state index is 11.9. The Hall–Kier alpha value is -2.14. The second-order valence-electron chi connectivity index (χ2n) is 4.39. The molecule has 0 atom stereocenters. The Bertz CT molecular complexity index is 738. The number of carboxylic acid groups (broad SMARTS) is 1. The van der Waals surface area contributed by atoms with Crippen LogP contribution >= 0.6 is 11.6 Å². The monoisotopic (exact) mass is 292 g/mol. The van der Waals surface area contributed by atoms with E-state index in [1.54, 1.807) is 19.1 Å². The molecular weight excluding hydrogens is 280 g/mol. The van der Waals surface area contributed by atoms with Crippen LogP contribution in [0.3, 0.4) is 0 Å². The minimum atomic E-state index is -1.35. The van der Waals surface area contributed by atoms with Gasteiger partial charge in [0, 0.05) is 11.8 Å². The second kappa shape index (κ2) is 5.46. The van der Waals surface area contributed by atoms with E-state index in [1.807, 2.05) is 13.0 Å². The van der Waals surface area contributed by atoms with Crippen LogP contribution in [-0.2, 0) is 6.42 Å². The van der Waals surface area contributed by atoms with Crippen LogP contribution < -0.4 is 5.43 Å². The highest BCUT2D eigenvalue weighted by Crippen LogP contribution is 2.21. The number of aromatic carboxylic acids is 1. The molecule has 104 valence electrons. The van der Waals surface area contributed by atoms with Gasteiger partial charge in [-0.15, -0.1) is 0 Å². The average molecular weight is 293 g/mol. The molecule has 5 nitrogen and oxygen atoms in total. The van der Waals surface area contributed by atoms with Gasteiger partial charge in [0.2, 0.25) is 11.1 Å². The van der Waals surface area contributed by atoms with E-state index in [0.29, 0.717) is 22.7 Å². The molecule has 0 aliphatic carbocycles. The summed E-state index contributed by atoms with van der Waals surface area (Å²) in [7, 11) is 0. The lowest BCUT2D eigenvalue weighted by molar-refractivity contribution is 0.0686. The number of aromatic nitrogens is 2. The van der Waals surface area contributed by atoms with Crippen LogP contribution in [0, 0.1) is 6.92 Å². The van der Waals surface area contributed by atoms with E-state index in [4.69, 9.17) is 16.7 Å². The van der Waals surface area contributed by atoms with E-state index >= 15 is 0 Å². The quantitative estimate of drug-likeness (QED) is 0.943. The fourth-order valence-electron chi connectivity index (χ4n) is 1.85. The molecule has 2 rings (SSSR count). The first-order valence-electron chi connectivity index (χ1n) is 6.06. The van der Waals surface area contributed by atoms with Crippen LogP contribution in [-0.4, -0.2) is 20.9 Å². The Morgan fingerprint density at radius 1 is 1.45 bits per heavy atom. The average Bonchev–Trinajstić information content (AvgIpc) is 2.39. The molecule has 0 bridgehead atoms. The molecule has 2 aromatic rings. The summed E-state index contributed by atoms with van der Waals surface area (Å²) in [5.41, 5.74) is 0.845. The Balaban J connectivity index is 2.71. The predicted molar refractivity (Wildman–Crippen MR) is 75.9 cm³/mol. The van der Waals surface area contributed by atoms with Gasteiger partial charge in [0.25, 0.3) is 0 Å². The standard InChI is InChI=1S/C14H13ClN2O3/c1-3-9-7-17(16-12(13(9)18)14(19)20)11-5-4-8(2)6-10(11)15/h4-7H,3H2,1-2H3,(H,19,20). The molecule has 0 saturated heterocycles. The van der Waals surface area contributed by atoms with Gasteiger partial charge >= 0.3 is 5.97 Å². The minimum Gasteiger partial charge on any atom is -0.476 e. The zero-order valence-electron chi connectivity index (χ0n) is 11.1. The smallest absolute Gasteiger partial charge is 0.360 e. The summed E-state index contributed by atoms with van der Waals surface area (Å²) in [4.78, 5) is 23.0. The number of halogens is 1. The van der Waals surface area contributed by atoms with Crippen molar-refractivity contribution in [3.05, 3.63) is 56.5 Å². The van der Waals surface area contributed by atoms with Crippen molar-refractivity contribution in [2.45, 2.75) is 20.3 Å². The van der Waals surface area contributed by atoms with Crippen molar-refractivity contribution in [3.8, 4) is 5.69 Å². The van der Waals surface area contributed by atoms with Crippen molar-refractivity contribution < 1.29 is 9.90 Å². The molecule has 0 fully saturated rings. The molecule has 0 radical (unpaired) electrons. The Morgan fingerprint density at radius 3 is 2.70 bits per heavy atom. The number of aryl methyl sites for hydroxylation is 2. The molecule has 1 N–H and O–H groups in total. The molecule has 0 unspecified atom stereocenters. The lowest BCUT2D eigenvalue weighted by Crippen LogP contribution is -2.24. The lowest BCUT2D eigenvalue weighted by Gasteiger charge is -2.10. The van der Waals surface area contributed by atoms with Crippen LogP contribution in [0.2, 0.25) is 5.02 Å². The Labute approximate surface area is 120 Å². The number of carboxylic acids is 1. The first-order valence-corrected chi connectivity index (χ1v) is 6.44. The molecule has 1 aromatic heterocycles. The number of hydrogen-bond donors (Lipinski definition) is 1. The van der Waals surface area contributed by atoms with Gasteiger partial charge in [0.1, 0.15) is 0 Å². The van der Waals surface area contributed by atoms with Crippen molar-refractivity contribution in [2.24, 2.45) is 0 Å². The fraction of sp³-hybridized carbons (Fsp3) is 0.214. The van der Waals surface area contributed by atoms with E-state index in [-0.39, 0.29) is 0 Å². The van der Waals surface area contributed by atoms with Gasteiger partial charge in [-0.2, -0.15) is 5.10 Å². The summed E-state index contributed by atoms with van der Waals surface area (Å²) in [6.45, 7) is 3.68. The van der Waals surface area contributed by atoms with Crippen LogP contribution in [0.1, 0.15) is 28.5 Å². The zero-order chi connectivity index (χ0) is 14.9. The van der Waals surface area contributed by atoms with E-state index in [2.05, 4.69) is 5.10 Å². The predicted octanol–water partition coefficient (Wildman–Crippen LogP) is 2.45. The van der Waals surface area contributed by atoms with Gasteiger partial charge in [-0.25, -0.2) is 9.48 Å². The highest BCUT2D eigenvalue weighted by atomic mass is 35.5. The van der Waals surface area contributed by atoms with E-state index in [9.17, 15) is 9.59 Å². The van der Waals surface area contributed by atoms with Crippen molar-refractivity contribution in [1.29, 1.82) is 0 Å². The first kappa shape index (κ1) is 14.3. The highest BCUT2D eigenvalue weighted by molar-refractivity contribution is 6.32. The number of benzene rings is 1. The van der Waals surface area contributed by atoms with Gasteiger partial charge in [-0.1, -0.05) is 24.6 Å². The molecule has 1 aromatic carbocycles. The zero-order valence-corrected chi connectivity index (χ0v) is 11.8. The Kier molecular flexibility index (Phi) is 3.90.